The highest BCUT2D eigenvalue weighted by molar-refractivity contribution is 4.77. The molecular weight excluding hydrogens is 164 g/mol. The maximum Gasteiger partial charge on any atom is 0.0476 e. The Morgan fingerprint density at radius 1 is 1.62 bits per heavy atom. The summed E-state index contributed by atoms with van der Waals surface area (Å²) in [6.07, 6.45) is 3.71. The monoisotopic (exact) mass is 186 g/mol. The quantitative estimate of drug-likeness (QED) is 0.665. The summed E-state index contributed by atoms with van der Waals surface area (Å²) in [5.74, 6) is 0. The second kappa shape index (κ2) is 6.35. The van der Waals surface area contributed by atoms with E-state index in [4.69, 9.17) is 4.74 Å². The molecule has 1 heterocycles. The summed E-state index contributed by atoms with van der Waals surface area (Å²) in [7, 11) is 1.76. The standard InChI is InChI=1S/C10H22N2O/c1-9(5-7-13-2)12-10-4-3-6-11-8-10/h9-12H,3-8H2,1-2H3. The molecule has 78 valence electrons. The van der Waals surface area contributed by atoms with Crippen LogP contribution in [-0.4, -0.2) is 38.9 Å². The smallest absolute Gasteiger partial charge is 0.0476 e. The largest absolute Gasteiger partial charge is 0.385 e. The van der Waals surface area contributed by atoms with Crippen molar-refractivity contribution in [3.8, 4) is 0 Å². The maximum absolute atomic E-state index is 5.05. The zero-order chi connectivity index (χ0) is 9.52. The summed E-state index contributed by atoms with van der Waals surface area (Å²) >= 11 is 0. The Kier molecular flexibility index (Phi) is 5.35. The van der Waals surface area contributed by atoms with Crippen molar-refractivity contribution in [1.29, 1.82) is 0 Å². The lowest BCUT2D eigenvalue weighted by molar-refractivity contribution is 0.181. The molecule has 0 aromatic rings. The van der Waals surface area contributed by atoms with Crippen LogP contribution in [0.25, 0.3) is 0 Å². The summed E-state index contributed by atoms with van der Waals surface area (Å²) in [6.45, 7) is 5.39. The van der Waals surface area contributed by atoms with Crippen molar-refractivity contribution < 1.29 is 4.74 Å². The van der Waals surface area contributed by atoms with Crippen LogP contribution in [0.2, 0.25) is 0 Å². The van der Waals surface area contributed by atoms with Crippen molar-refractivity contribution in [1.82, 2.24) is 10.6 Å². The number of methoxy groups -OCH3 is 1. The highest BCUT2D eigenvalue weighted by Crippen LogP contribution is 2.03. The normalized spacial score (nSPS) is 25.8. The topological polar surface area (TPSA) is 33.3 Å². The minimum atomic E-state index is 0.574. The average molecular weight is 186 g/mol. The minimum Gasteiger partial charge on any atom is -0.385 e. The zero-order valence-corrected chi connectivity index (χ0v) is 8.81. The summed E-state index contributed by atoms with van der Waals surface area (Å²) < 4.78 is 5.05. The molecule has 3 nitrogen and oxygen atoms in total. The van der Waals surface area contributed by atoms with Crippen molar-refractivity contribution in [2.24, 2.45) is 0 Å². The van der Waals surface area contributed by atoms with E-state index >= 15 is 0 Å². The van der Waals surface area contributed by atoms with Crippen LogP contribution < -0.4 is 10.6 Å². The highest BCUT2D eigenvalue weighted by atomic mass is 16.5. The second-order valence-electron chi connectivity index (χ2n) is 3.89. The van der Waals surface area contributed by atoms with Gasteiger partial charge in [-0.2, -0.15) is 0 Å². The molecule has 2 N–H and O–H groups in total. The molecule has 0 aliphatic carbocycles. The molecule has 0 bridgehead atoms. The van der Waals surface area contributed by atoms with Crippen molar-refractivity contribution in [3.05, 3.63) is 0 Å². The molecule has 0 aromatic heterocycles. The minimum absolute atomic E-state index is 0.574. The Bertz CT molecular complexity index is 124. The Hall–Kier alpha value is -0.120. The van der Waals surface area contributed by atoms with Crippen LogP contribution in [0, 0.1) is 0 Å². The van der Waals surface area contributed by atoms with Gasteiger partial charge in [0.1, 0.15) is 0 Å². The van der Waals surface area contributed by atoms with E-state index in [1.54, 1.807) is 7.11 Å². The third kappa shape index (κ3) is 4.60. The van der Waals surface area contributed by atoms with Gasteiger partial charge in [0.2, 0.25) is 0 Å². The zero-order valence-electron chi connectivity index (χ0n) is 8.81. The van der Waals surface area contributed by atoms with Gasteiger partial charge in [0.15, 0.2) is 0 Å². The molecule has 0 spiro atoms. The predicted octanol–water partition coefficient (Wildman–Crippen LogP) is 0.753. The van der Waals surface area contributed by atoms with Gasteiger partial charge in [0, 0.05) is 32.3 Å². The predicted molar refractivity (Wildman–Crippen MR) is 55.0 cm³/mol. The molecule has 1 rings (SSSR count). The molecule has 0 amide bonds. The molecule has 1 saturated heterocycles. The van der Waals surface area contributed by atoms with E-state index in [0.29, 0.717) is 12.1 Å². The Morgan fingerprint density at radius 3 is 3.08 bits per heavy atom. The van der Waals surface area contributed by atoms with E-state index in [1.165, 1.54) is 19.4 Å². The van der Waals surface area contributed by atoms with Crippen LogP contribution in [0.1, 0.15) is 26.2 Å². The average Bonchev–Trinajstić information content (AvgIpc) is 2.16. The van der Waals surface area contributed by atoms with Gasteiger partial charge in [-0.3, -0.25) is 0 Å². The molecule has 1 fully saturated rings. The molecule has 0 aromatic carbocycles. The maximum atomic E-state index is 5.05. The number of hydrogen-bond acceptors (Lipinski definition) is 3. The van der Waals surface area contributed by atoms with E-state index in [-0.39, 0.29) is 0 Å². The molecular formula is C10H22N2O. The van der Waals surface area contributed by atoms with Crippen LogP contribution in [0.4, 0.5) is 0 Å². The van der Waals surface area contributed by atoms with E-state index in [2.05, 4.69) is 17.6 Å². The molecule has 3 heteroatoms. The van der Waals surface area contributed by atoms with Gasteiger partial charge in [-0.25, -0.2) is 0 Å². The van der Waals surface area contributed by atoms with Crippen LogP contribution in [0.15, 0.2) is 0 Å². The van der Waals surface area contributed by atoms with Crippen molar-refractivity contribution >= 4 is 0 Å². The molecule has 1 aliphatic rings. The van der Waals surface area contributed by atoms with E-state index < -0.39 is 0 Å². The third-order valence-electron chi connectivity index (χ3n) is 2.57. The Labute approximate surface area is 81.2 Å². The SMILES string of the molecule is COCCC(C)NC1CCCNC1. The Morgan fingerprint density at radius 2 is 2.46 bits per heavy atom. The highest BCUT2D eigenvalue weighted by Gasteiger charge is 2.14. The van der Waals surface area contributed by atoms with Crippen LogP contribution in [0.5, 0.6) is 0 Å². The lowest BCUT2D eigenvalue weighted by Crippen LogP contribution is -2.46. The Balaban J connectivity index is 2.07. The number of hydrogen-bond donors (Lipinski definition) is 2. The van der Waals surface area contributed by atoms with E-state index in [9.17, 15) is 0 Å². The molecule has 0 saturated carbocycles. The van der Waals surface area contributed by atoms with Crippen LogP contribution >= 0.6 is 0 Å². The van der Waals surface area contributed by atoms with Gasteiger partial charge in [0.25, 0.3) is 0 Å². The first-order valence-electron chi connectivity index (χ1n) is 5.28. The first kappa shape index (κ1) is 11.0. The lowest BCUT2D eigenvalue weighted by Gasteiger charge is -2.27. The van der Waals surface area contributed by atoms with Crippen LogP contribution in [0.3, 0.4) is 0 Å². The van der Waals surface area contributed by atoms with Gasteiger partial charge in [-0.1, -0.05) is 0 Å². The van der Waals surface area contributed by atoms with Gasteiger partial charge in [0.05, 0.1) is 0 Å². The van der Waals surface area contributed by atoms with Gasteiger partial charge in [-0.05, 0) is 32.7 Å². The third-order valence-corrected chi connectivity index (χ3v) is 2.57. The summed E-state index contributed by atoms with van der Waals surface area (Å²) in [5.41, 5.74) is 0. The number of nitrogens with one attached hydrogen (secondary N) is 2. The molecule has 1 aliphatic heterocycles. The summed E-state index contributed by atoms with van der Waals surface area (Å²) in [6, 6.07) is 1.24. The van der Waals surface area contributed by atoms with Crippen LogP contribution in [-0.2, 0) is 4.74 Å². The summed E-state index contributed by atoms with van der Waals surface area (Å²) in [5, 5.41) is 7.01. The first-order chi connectivity index (χ1) is 6.33. The fraction of sp³-hybridized carbons (Fsp3) is 1.00. The van der Waals surface area contributed by atoms with Gasteiger partial charge in [-0.15, -0.1) is 0 Å². The fourth-order valence-electron chi connectivity index (χ4n) is 1.77. The van der Waals surface area contributed by atoms with Crippen molar-refractivity contribution in [3.63, 3.8) is 0 Å². The van der Waals surface area contributed by atoms with Gasteiger partial charge < -0.3 is 15.4 Å². The lowest BCUT2D eigenvalue weighted by atomic mass is 10.1. The fourth-order valence-corrected chi connectivity index (χ4v) is 1.77. The summed E-state index contributed by atoms with van der Waals surface area (Å²) in [4.78, 5) is 0. The van der Waals surface area contributed by atoms with Gasteiger partial charge >= 0.3 is 0 Å². The molecule has 2 atom stereocenters. The van der Waals surface area contributed by atoms with Crippen molar-refractivity contribution in [2.45, 2.75) is 38.3 Å². The molecule has 0 radical (unpaired) electrons. The van der Waals surface area contributed by atoms with E-state index in [0.717, 1.165) is 19.6 Å². The van der Waals surface area contributed by atoms with E-state index in [1.807, 2.05) is 0 Å². The number of piperidine rings is 1. The number of ether oxygens (including phenoxy) is 1. The number of rotatable bonds is 5. The molecule has 2 unspecified atom stereocenters. The second-order valence-corrected chi connectivity index (χ2v) is 3.89. The molecule has 13 heavy (non-hydrogen) atoms. The first-order valence-corrected chi connectivity index (χ1v) is 5.28. The van der Waals surface area contributed by atoms with Crippen molar-refractivity contribution in [2.75, 3.05) is 26.8 Å².